The summed E-state index contributed by atoms with van der Waals surface area (Å²) in [5.41, 5.74) is 2.94. The average molecular weight is 208 g/mol. The molecule has 0 spiro atoms. The van der Waals surface area contributed by atoms with Crippen molar-refractivity contribution in [1.29, 1.82) is 0 Å². The van der Waals surface area contributed by atoms with Crippen LogP contribution in [0.2, 0.25) is 0 Å². The Hall–Kier alpha value is -2.20. The Morgan fingerprint density at radius 1 is 0.938 bits per heavy atom. The number of para-hydroxylation sites is 1. The van der Waals surface area contributed by atoms with E-state index in [1.165, 1.54) is 0 Å². The van der Waals surface area contributed by atoms with E-state index < -0.39 is 0 Å². The molecule has 0 bridgehead atoms. The third kappa shape index (κ3) is 1.78. The smallest absolute Gasteiger partial charge is 0.126 e. The van der Waals surface area contributed by atoms with Gasteiger partial charge in [0.15, 0.2) is 0 Å². The first-order chi connectivity index (χ1) is 7.86. The molecule has 2 rings (SSSR count). The predicted octanol–water partition coefficient (Wildman–Crippen LogP) is 3.34. The van der Waals surface area contributed by atoms with Crippen LogP contribution in [0.4, 0.5) is 0 Å². The van der Waals surface area contributed by atoms with E-state index in [2.05, 4.69) is 5.92 Å². The molecule has 0 heterocycles. The van der Waals surface area contributed by atoms with Gasteiger partial charge in [-0.15, -0.1) is 6.42 Å². The predicted molar refractivity (Wildman–Crippen MR) is 66.4 cm³/mol. The summed E-state index contributed by atoms with van der Waals surface area (Å²) in [7, 11) is 1.66. The van der Waals surface area contributed by atoms with Crippen LogP contribution in [-0.2, 0) is 0 Å². The maximum absolute atomic E-state index is 5.49. The summed E-state index contributed by atoms with van der Waals surface area (Å²) >= 11 is 0. The number of rotatable bonds is 2. The lowest BCUT2D eigenvalue weighted by atomic mass is 9.99. The first kappa shape index (κ1) is 10.3. The molecular weight excluding hydrogens is 196 g/mol. The topological polar surface area (TPSA) is 9.23 Å². The quantitative estimate of drug-likeness (QED) is 0.688. The highest BCUT2D eigenvalue weighted by atomic mass is 16.5. The first-order valence-electron chi connectivity index (χ1n) is 5.06. The molecular formula is C15H12O. The molecule has 0 aliphatic rings. The Kier molecular flexibility index (Phi) is 2.93. The molecule has 1 heteroatoms. The fourth-order valence-corrected chi connectivity index (χ4v) is 1.71. The normalized spacial score (nSPS) is 9.50. The summed E-state index contributed by atoms with van der Waals surface area (Å²) < 4.78 is 5.33. The number of methoxy groups -OCH3 is 1. The van der Waals surface area contributed by atoms with Gasteiger partial charge < -0.3 is 4.74 Å². The molecule has 0 N–H and O–H groups in total. The Balaban J connectivity index is 2.64. The van der Waals surface area contributed by atoms with E-state index in [4.69, 9.17) is 11.2 Å². The summed E-state index contributed by atoms with van der Waals surface area (Å²) in [4.78, 5) is 0. The molecule has 0 aromatic heterocycles. The summed E-state index contributed by atoms with van der Waals surface area (Å²) in [6.45, 7) is 0. The van der Waals surface area contributed by atoms with Crippen molar-refractivity contribution in [3.05, 3.63) is 54.1 Å². The monoisotopic (exact) mass is 208 g/mol. The van der Waals surface area contributed by atoms with Crippen molar-refractivity contribution >= 4 is 0 Å². The lowest BCUT2D eigenvalue weighted by Crippen LogP contribution is -1.89. The van der Waals surface area contributed by atoms with Crippen molar-refractivity contribution in [2.75, 3.05) is 7.11 Å². The van der Waals surface area contributed by atoms with Gasteiger partial charge in [0.25, 0.3) is 0 Å². The minimum Gasteiger partial charge on any atom is -0.496 e. The molecule has 0 saturated carbocycles. The third-order valence-corrected chi connectivity index (χ3v) is 2.48. The van der Waals surface area contributed by atoms with Gasteiger partial charge >= 0.3 is 0 Å². The molecule has 16 heavy (non-hydrogen) atoms. The van der Waals surface area contributed by atoms with Gasteiger partial charge in [-0.05, 0) is 12.1 Å². The van der Waals surface area contributed by atoms with E-state index in [9.17, 15) is 0 Å². The number of benzene rings is 2. The maximum Gasteiger partial charge on any atom is 0.126 e. The molecule has 0 aliphatic heterocycles. The third-order valence-electron chi connectivity index (χ3n) is 2.48. The van der Waals surface area contributed by atoms with Gasteiger partial charge in [-0.1, -0.05) is 42.3 Å². The van der Waals surface area contributed by atoms with Gasteiger partial charge in [0.1, 0.15) is 5.75 Å². The van der Waals surface area contributed by atoms with Crippen molar-refractivity contribution in [2.45, 2.75) is 0 Å². The lowest BCUT2D eigenvalue weighted by molar-refractivity contribution is 0.416. The van der Waals surface area contributed by atoms with E-state index in [1.54, 1.807) is 7.11 Å². The fourth-order valence-electron chi connectivity index (χ4n) is 1.71. The second-order valence-electron chi connectivity index (χ2n) is 3.39. The van der Waals surface area contributed by atoms with E-state index in [1.807, 2.05) is 48.5 Å². The lowest BCUT2D eigenvalue weighted by Gasteiger charge is -2.09. The van der Waals surface area contributed by atoms with Crippen LogP contribution in [0.3, 0.4) is 0 Å². The molecule has 0 saturated heterocycles. The van der Waals surface area contributed by atoms with Crippen LogP contribution in [0.25, 0.3) is 11.1 Å². The molecule has 0 aliphatic carbocycles. The van der Waals surface area contributed by atoms with Gasteiger partial charge in [0.05, 0.1) is 7.11 Å². The summed E-state index contributed by atoms with van der Waals surface area (Å²) in [5.74, 6) is 3.53. The van der Waals surface area contributed by atoms with E-state index in [0.717, 1.165) is 22.4 Å². The Morgan fingerprint density at radius 3 is 2.25 bits per heavy atom. The number of hydrogen-bond donors (Lipinski definition) is 0. The zero-order valence-electron chi connectivity index (χ0n) is 9.10. The Labute approximate surface area is 95.7 Å². The molecule has 2 aromatic carbocycles. The van der Waals surface area contributed by atoms with E-state index in [0.29, 0.717) is 0 Å². The standard InChI is InChI=1S/C15H12O/c1-3-12-8-4-5-9-13(12)14-10-6-7-11-15(14)16-2/h1,4-11H,2H3. The van der Waals surface area contributed by atoms with Crippen molar-refractivity contribution in [3.63, 3.8) is 0 Å². The number of ether oxygens (including phenoxy) is 1. The van der Waals surface area contributed by atoms with Crippen LogP contribution in [0.1, 0.15) is 5.56 Å². The molecule has 0 radical (unpaired) electrons. The molecule has 0 unspecified atom stereocenters. The van der Waals surface area contributed by atoms with Crippen LogP contribution >= 0.6 is 0 Å². The van der Waals surface area contributed by atoms with Gasteiger partial charge in [-0.3, -0.25) is 0 Å². The summed E-state index contributed by atoms with van der Waals surface area (Å²) in [6, 6.07) is 15.7. The van der Waals surface area contributed by atoms with Crippen molar-refractivity contribution in [2.24, 2.45) is 0 Å². The number of terminal acetylenes is 1. The summed E-state index contributed by atoms with van der Waals surface area (Å²) in [6.07, 6.45) is 5.49. The molecule has 0 amide bonds. The second-order valence-corrected chi connectivity index (χ2v) is 3.39. The zero-order chi connectivity index (χ0) is 11.4. The minimum atomic E-state index is 0.838. The molecule has 2 aromatic rings. The fraction of sp³-hybridized carbons (Fsp3) is 0.0667. The Bertz CT molecular complexity index is 535. The van der Waals surface area contributed by atoms with Crippen LogP contribution in [-0.4, -0.2) is 7.11 Å². The molecule has 0 atom stereocenters. The average Bonchev–Trinajstić information content (AvgIpc) is 2.38. The van der Waals surface area contributed by atoms with Crippen LogP contribution < -0.4 is 4.74 Å². The van der Waals surface area contributed by atoms with Gasteiger partial charge in [0, 0.05) is 16.7 Å². The molecule has 78 valence electrons. The van der Waals surface area contributed by atoms with Crippen molar-refractivity contribution < 1.29 is 4.74 Å². The largest absolute Gasteiger partial charge is 0.496 e. The molecule has 0 fully saturated rings. The SMILES string of the molecule is C#Cc1ccccc1-c1ccccc1OC. The van der Waals surface area contributed by atoms with Gasteiger partial charge in [0.2, 0.25) is 0 Å². The van der Waals surface area contributed by atoms with E-state index in [-0.39, 0.29) is 0 Å². The van der Waals surface area contributed by atoms with Crippen molar-refractivity contribution in [1.82, 2.24) is 0 Å². The number of hydrogen-bond acceptors (Lipinski definition) is 1. The second kappa shape index (κ2) is 4.55. The van der Waals surface area contributed by atoms with Gasteiger partial charge in [-0.25, -0.2) is 0 Å². The van der Waals surface area contributed by atoms with Gasteiger partial charge in [-0.2, -0.15) is 0 Å². The zero-order valence-corrected chi connectivity index (χ0v) is 9.10. The highest BCUT2D eigenvalue weighted by molar-refractivity contribution is 5.75. The Morgan fingerprint density at radius 2 is 1.56 bits per heavy atom. The first-order valence-corrected chi connectivity index (χ1v) is 5.06. The highest BCUT2D eigenvalue weighted by Gasteiger charge is 2.07. The van der Waals surface area contributed by atoms with Crippen LogP contribution in [0.5, 0.6) is 5.75 Å². The molecule has 1 nitrogen and oxygen atoms in total. The summed E-state index contributed by atoms with van der Waals surface area (Å²) in [5, 5.41) is 0. The maximum atomic E-state index is 5.49. The van der Waals surface area contributed by atoms with Crippen LogP contribution in [0, 0.1) is 12.3 Å². The van der Waals surface area contributed by atoms with Crippen molar-refractivity contribution in [3.8, 4) is 29.2 Å². The minimum absolute atomic E-state index is 0.838. The highest BCUT2D eigenvalue weighted by Crippen LogP contribution is 2.31. The van der Waals surface area contributed by atoms with E-state index >= 15 is 0 Å². The van der Waals surface area contributed by atoms with Crippen LogP contribution in [0.15, 0.2) is 48.5 Å².